The van der Waals surface area contributed by atoms with Gasteiger partial charge in [-0.05, 0) is 55.4 Å². The molecule has 3 heterocycles. The van der Waals surface area contributed by atoms with Crippen LogP contribution in [-0.4, -0.2) is 52.8 Å². The number of nitrogens with one attached hydrogen (secondary N) is 1. The SMILES string of the molecule is CCCCN1C(=O)C(CC(C)C)NC(=O)C12CCN(Cc1ccc(Oc3ccc[n+]([O-])c3)cc1)CC2. The van der Waals surface area contributed by atoms with Crippen LogP contribution in [0.5, 0.6) is 11.5 Å². The van der Waals surface area contributed by atoms with Crippen molar-refractivity contribution in [2.45, 2.75) is 71.0 Å². The second kappa shape index (κ2) is 11.3. The van der Waals surface area contributed by atoms with E-state index in [-0.39, 0.29) is 11.8 Å². The summed E-state index contributed by atoms with van der Waals surface area (Å²) in [6.07, 6.45) is 6.67. The van der Waals surface area contributed by atoms with Crippen molar-refractivity contribution in [3.63, 3.8) is 0 Å². The fourth-order valence-corrected chi connectivity index (χ4v) is 5.28. The summed E-state index contributed by atoms with van der Waals surface area (Å²) in [6.45, 7) is 9.20. The first-order valence-corrected chi connectivity index (χ1v) is 13.1. The number of rotatable bonds is 9. The number of likely N-dealkylation sites (tertiary alicyclic amines) is 1. The van der Waals surface area contributed by atoms with Crippen molar-refractivity contribution >= 4 is 11.8 Å². The van der Waals surface area contributed by atoms with Gasteiger partial charge in [-0.3, -0.25) is 14.5 Å². The maximum absolute atomic E-state index is 13.4. The van der Waals surface area contributed by atoms with Gasteiger partial charge in [-0.1, -0.05) is 39.3 Å². The van der Waals surface area contributed by atoms with Crippen LogP contribution < -0.4 is 14.8 Å². The molecule has 1 aromatic heterocycles. The number of piperidine rings is 1. The highest BCUT2D eigenvalue weighted by Crippen LogP contribution is 2.35. The van der Waals surface area contributed by atoms with Crippen LogP contribution in [0, 0.1) is 11.1 Å². The number of aromatic nitrogens is 1. The van der Waals surface area contributed by atoms with Crippen LogP contribution in [-0.2, 0) is 16.1 Å². The smallest absolute Gasteiger partial charge is 0.246 e. The zero-order valence-electron chi connectivity index (χ0n) is 21.6. The quantitative estimate of drug-likeness (QED) is 0.425. The number of benzene rings is 1. The Morgan fingerprint density at radius 2 is 1.86 bits per heavy atom. The predicted octanol–water partition coefficient (Wildman–Crippen LogP) is 3.62. The molecule has 1 N–H and O–H groups in total. The standard InChI is InChI=1S/C28H38N4O4/c1-4-5-15-32-26(33)25(18-21(2)3)29-27(34)28(32)12-16-30(17-13-28)19-22-8-10-23(11-9-22)36-24-7-6-14-31(35)20-24/h6-11,14,20-21,25H,4-5,12-13,15-19H2,1-3H3,(H,29,34). The molecule has 8 nitrogen and oxygen atoms in total. The lowest BCUT2D eigenvalue weighted by atomic mass is 9.80. The van der Waals surface area contributed by atoms with Crippen molar-refractivity contribution in [1.82, 2.24) is 15.1 Å². The van der Waals surface area contributed by atoms with E-state index in [1.807, 2.05) is 29.2 Å². The van der Waals surface area contributed by atoms with Crippen molar-refractivity contribution in [3.05, 3.63) is 59.6 Å². The maximum Gasteiger partial charge on any atom is 0.246 e. The molecule has 4 rings (SSSR count). The van der Waals surface area contributed by atoms with E-state index in [0.29, 0.717) is 48.0 Å². The van der Waals surface area contributed by atoms with Crippen LogP contribution in [0.25, 0.3) is 0 Å². The fraction of sp³-hybridized carbons (Fsp3) is 0.536. The Morgan fingerprint density at radius 1 is 1.14 bits per heavy atom. The molecule has 2 aromatic rings. The first-order valence-electron chi connectivity index (χ1n) is 13.1. The van der Waals surface area contributed by atoms with Gasteiger partial charge < -0.3 is 20.2 Å². The number of pyridine rings is 1. The summed E-state index contributed by atoms with van der Waals surface area (Å²) in [5, 5.41) is 14.5. The van der Waals surface area contributed by atoms with Crippen molar-refractivity contribution < 1.29 is 19.1 Å². The zero-order chi connectivity index (χ0) is 25.7. The number of piperazine rings is 1. The number of hydrogen-bond acceptors (Lipinski definition) is 5. The minimum atomic E-state index is -0.734. The summed E-state index contributed by atoms with van der Waals surface area (Å²) >= 11 is 0. The fourth-order valence-electron chi connectivity index (χ4n) is 5.28. The summed E-state index contributed by atoms with van der Waals surface area (Å²) in [6, 6.07) is 10.8. The number of carbonyl (C=O) groups excluding carboxylic acids is 2. The van der Waals surface area contributed by atoms with Crippen molar-refractivity contribution in [2.75, 3.05) is 19.6 Å². The molecule has 1 spiro atoms. The molecular formula is C28H38N4O4. The molecule has 2 amide bonds. The molecule has 0 aliphatic carbocycles. The van der Waals surface area contributed by atoms with Gasteiger partial charge in [0.25, 0.3) is 0 Å². The second-order valence-electron chi connectivity index (χ2n) is 10.5. The monoisotopic (exact) mass is 494 g/mol. The Labute approximate surface area is 213 Å². The normalized spacial score (nSPS) is 20.1. The highest BCUT2D eigenvalue weighted by atomic mass is 16.5. The molecule has 0 radical (unpaired) electrons. The van der Waals surface area contributed by atoms with E-state index in [4.69, 9.17) is 4.74 Å². The number of ether oxygens (including phenoxy) is 1. The van der Waals surface area contributed by atoms with Gasteiger partial charge in [0.1, 0.15) is 17.3 Å². The van der Waals surface area contributed by atoms with Gasteiger partial charge in [0.2, 0.25) is 18.0 Å². The third kappa shape index (κ3) is 5.81. The van der Waals surface area contributed by atoms with E-state index in [2.05, 4.69) is 31.0 Å². The van der Waals surface area contributed by atoms with Crippen molar-refractivity contribution in [2.24, 2.45) is 5.92 Å². The predicted molar refractivity (Wildman–Crippen MR) is 137 cm³/mol. The van der Waals surface area contributed by atoms with Crippen LogP contribution >= 0.6 is 0 Å². The first-order chi connectivity index (χ1) is 17.3. The number of nitrogens with zero attached hydrogens (tertiary/aromatic N) is 3. The summed E-state index contributed by atoms with van der Waals surface area (Å²) < 4.78 is 6.47. The maximum atomic E-state index is 13.4. The summed E-state index contributed by atoms with van der Waals surface area (Å²) in [5.41, 5.74) is 0.413. The van der Waals surface area contributed by atoms with Gasteiger partial charge in [-0.25, -0.2) is 0 Å². The highest BCUT2D eigenvalue weighted by Gasteiger charge is 2.53. The third-order valence-electron chi connectivity index (χ3n) is 7.25. The number of amides is 2. The average Bonchev–Trinajstić information content (AvgIpc) is 2.85. The largest absolute Gasteiger partial charge is 0.619 e. The van der Waals surface area contributed by atoms with Crippen molar-refractivity contribution in [3.8, 4) is 11.5 Å². The summed E-state index contributed by atoms with van der Waals surface area (Å²) in [5.74, 6) is 1.61. The van der Waals surface area contributed by atoms with E-state index in [0.717, 1.165) is 38.0 Å². The Morgan fingerprint density at radius 3 is 2.50 bits per heavy atom. The van der Waals surface area contributed by atoms with Crippen molar-refractivity contribution in [1.29, 1.82) is 0 Å². The molecule has 8 heteroatoms. The molecule has 1 unspecified atom stereocenters. The van der Waals surface area contributed by atoms with E-state index in [1.54, 1.807) is 12.1 Å². The van der Waals surface area contributed by atoms with E-state index >= 15 is 0 Å². The van der Waals surface area contributed by atoms with Crippen LogP contribution in [0.1, 0.15) is 58.4 Å². The molecule has 36 heavy (non-hydrogen) atoms. The van der Waals surface area contributed by atoms with Crippen LogP contribution in [0.15, 0.2) is 48.8 Å². The van der Waals surface area contributed by atoms with E-state index in [1.165, 1.54) is 12.4 Å². The van der Waals surface area contributed by atoms with Gasteiger partial charge in [0, 0.05) is 32.2 Å². The lowest BCUT2D eigenvalue weighted by Gasteiger charge is -2.52. The summed E-state index contributed by atoms with van der Waals surface area (Å²) in [4.78, 5) is 31.1. The third-order valence-corrected chi connectivity index (χ3v) is 7.25. The van der Waals surface area contributed by atoms with Gasteiger partial charge in [0.05, 0.1) is 0 Å². The Bertz CT molecular complexity index is 1050. The Balaban J connectivity index is 1.38. The van der Waals surface area contributed by atoms with E-state index < -0.39 is 11.6 Å². The van der Waals surface area contributed by atoms with E-state index in [9.17, 15) is 14.8 Å². The topological polar surface area (TPSA) is 88.8 Å². The number of hydrogen-bond donors (Lipinski definition) is 1. The van der Waals surface area contributed by atoms with Crippen LogP contribution in [0.2, 0.25) is 0 Å². The second-order valence-corrected chi connectivity index (χ2v) is 10.5. The lowest BCUT2D eigenvalue weighted by Crippen LogP contribution is -2.73. The number of carbonyl (C=O) groups is 2. The molecule has 1 aromatic carbocycles. The molecule has 2 saturated heterocycles. The average molecular weight is 495 g/mol. The minimum Gasteiger partial charge on any atom is -0.619 e. The minimum absolute atomic E-state index is 0.0188. The van der Waals surface area contributed by atoms with Gasteiger partial charge in [0.15, 0.2) is 11.9 Å². The molecule has 0 bridgehead atoms. The lowest BCUT2D eigenvalue weighted by molar-refractivity contribution is -0.605. The summed E-state index contributed by atoms with van der Waals surface area (Å²) in [7, 11) is 0. The molecule has 194 valence electrons. The molecule has 2 aliphatic rings. The Hall–Kier alpha value is -3.13. The molecule has 2 fully saturated rings. The van der Waals surface area contributed by atoms with Crippen LogP contribution in [0.3, 0.4) is 0 Å². The first kappa shape index (κ1) is 25.9. The highest BCUT2D eigenvalue weighted by molar-refractivity contribution is 6.00. The molecule has 2 aliphatic heterocycles. The number of unbranched alkanes of at least 4 members (excludes halogenated alkanes) is 1. The molecule has 1 atom stereocenters. The van der Waals surface area contributed by atoms with Gasteiger partial charge in [-0.2, -0.15) is 4.73 Å². The van der Waals surface area contributed by atoms with Crippen LogP contribution in [0.4, 0.5) is 0 Å². The van der Waals surface area contributed by atoms with Gasteiger partial charge >= 0.3 is 0 Å². The van der Waals surface area contributed by atoms with Gasteiger partial charge in [-0.15, -0.1) is 0 Å². The zero-order valence-corrected chi connectivity index (χ0v) is 21.6. The molecular weight excluding hydrogens is 456 g/mol. The Kier molecular flexibility index (Phi) is 8.14. The molecule has 0 saturated carbocycles.